The van der Waals surface area contributed by atoms with Gasteiger partial charge >= 0.3 is 5.97 Å². The van der Waals surface area contributed by atoms with E-state index in [2.05, 4.69) is 20.7 Å². The fourth-order valence-electron chi connectivity index (χ4n) is 1.70. The molecule has 0 atom stereocenters. The van der Waals surface area contributed by atoms with Crippen LogP contribution >= 0.6 is 28.1 Å². The lowest BCUT2D eigenvalue weighted by Crippen LogP contribution is -2.37. The normalized spacial score (nSPS) is 10.5. The zero-order valence-corrected chi connectivity index (χ0v) is 13.8. The van der Waals surface area contributed by atoms with Crippen molar-refractivity contribution < 1.29 is 13.9 Å². The largest absolute Gasteiger partial charge is 0.468 e. The van der Waals surface area contributed by atoms with Crippen molar-refractivity contribution in [3.05, 3.63) is 28.0 Å². The van der Waals surface area contributed by atoms with Gasteiger partial charge in [-0.3, -0.25) is 4.79 Å². The van der Waals surface area contributed by atoms with Gasteiger partial charge in [0.2, 0.25) is 0 Å². The molecule has 2 N–H and O–H groups in total. The van der Waals surface area contributed by atoms with Crippen LogP contribution < -0.4 is 10.6 Å². The molecule has 1 rings (SSSR count). The molecule has 0 fully saturated rings. The Labute approximate surface area is 131 Å². The van der Waals surface area contributed by atoms with E-state index in [0.29, 0.717) is 5.56 Å². The predicted molar refractivity (Wildman–Crippen MR) is 84.5 cm³/mol. The molecule has 1 aromatic carbocycles. The number of esters is 1. The number of carbonyl (C=O) groups excluding carboxylic acids is 1. The first kappa shape index (κ1) is 16.8. The molecule has 0 saturated heterocycles. The van der Waals surface area contributed by atoms with Crippen molar-refractivity contribution in [2.45, 2.75) is 19.9 Å². The first-order valence-electron chi connectivity index (χ1n) is 5.90. The van der Waals surface area contributed by atoms with Crippen LogP contribution in [0.4, 0.5) is 10.1 Å². The van der Waals surface area contributed by atoms with Crippen LogP contribution in [-0.4, -0.2) is 30.7 Å². The Morgan fingerprint density at radius 3 is 2.60 bits per heavy atom. The van der Waals surface area contributed by atoms with Gasteiger partial charge in [0.1, 0.15) is 11.5 Å². The van der Waals surface area contributed by atoms with E-state index in [0.717, 1.165) is 0 Å². The van der Waals surface area contributed by atoms with Gasteiger partial charge in [0, 0.05) is 11.6 Å². The number of rotatable bonds is 5. The van der Waals surface area contributed by atoms with Gasteiger partial charge in [-0.05, 0) is 41.9 Å². The summed E-state index contributed by atoms with van der Waals surface area (Å²) in [6.45, 7) is 3.68. The van der Waals surface area contributed by atoms with Crippen molar-refractivity contribution in [1.82, 2.24) is 0 Å². The highest BCUT2D eigenvalue weighted by Gasteiger charge is 2.21. The fourth-order valence-corrected chi connectivity index (χ4v) is 2.55. The minimum atomic E-state index is -0.507. The molecular formula is C13H16BrFN2O2S. The molecule has 0 aliphatic carbocycles. The van der Waals surface area contributed by atoms with Crippen LogP contribution in [-0.2, 0) is 9.53 Å². The second-order valence-corrected chi connectivity index (χ2v) is 5.66. The molecule has 0 saturated carbocycles. The van der Waals surface area contributed by atoms with E-state index in [4.69, 9.17) is 18.0 Å². The van der Waals surface area contributed by atoms with E-state index in [9.17, 15) is 9.18 Å². The standard InChI is InChI=1S/C13H16BrFN2O2S/c1-7(2)17(6-10(18)19-3)9-5-4-8(13(16)20)11(14)12(9)15/h4-5,7H,6H2,1-3H3,(H2,16,20). The molecule has 4 nitrogen and oxygen atoms in total. The number of nitrogens with zero attached hydrogens (tertiary/aromatic N) is 1. The molecule has 0 aliphatic rings. The third kappa shape index (κ3) is 3.67. The number of halogens is 2. The van der Waals surface area contributed by atoms with Crippen LogP contribution in [0.25, 0.3) is 0 Å². The van der Waals surface area contributed by atoms with Crippen molar-refractivity contribution in [1.29, 1.82) is 0 Å². The lowest BCUT2D eigenvalue weighted by molar-refractivity contribution is -0.139. The minimum absolute atomic E-state index is 0.0378. The summed E-state index contributed by atoms with van der Waals surface area (Å²) in [6.07, 6.45) is 0. The highest BCUT2D eigenvalue weighted by molar-refractivity contribution is 9.10. The highest BCUT2D eigenvalue weighted by Crippen LogP contribution is 2.30. The lowest BCUT2D eigenvalue weighted by atomic mass is 10.1. The summed E-state index contributed by atoms with van der Waals surface area (Å²) in [5.41, 5.74) is 6.23. The van der Waals surface area contributed by atoms with Crippen molar-refractivity contribution >= 4 is 44.8 Å². The monoisotopic (exact) mass is 362 g/mol. The Kier molecular flexibility index (Phi) is 5.88. The number of methoxy groups -OCH3 is 1. The summed E-state index contributed by atoms with van der Waals surface area (Å²) < 4.78 is 19.3. The molecule has 0 unspecified atom stereocenters. The van der Waals surface area contributed by atoms with Gasteiger partial charge in [0.25, 0.3) is 0 Å². The fraction of sp³-hybridized carbons (Fsp3) is 0.385. The molecule has 0 aromatic heterocycles. The summed E-state index contributed by atoms with van der Waals surface area (Å²) in [5, 5.41) is 0. The zero-order valence-electron chi connectivity index (χ0n) is 11.4. The molecule has 0 spiro atoms. The summed E-state index contributed by atoms with van der Waals surface area (Å²) in [6, 6.07) is 3.10. The molecule has 20 heavy (non-hydrogen) atoms. The van der Waals surface area contributed by atoms with Gasteiger partial charge in [-0.15, -0.1) is 0 Å². The first-order chi connectivity index (χ1) is 9.29. The molecule has 0 heterocycles. The number of ether oxygens (including phenoxy) is 1. The quantitative estimate of drug-likeness (QED) is 0.644. The SMILES string of the molecule is COC(=O)CN(c1ccc(C(N)=S)c(Br)c1F)C(C)C. The van der Waals surface area contributed by atoms with Crippen LogP contribution in [0, 0.1) is 5.82 Å². The summed E-state index contributed by atoms with van der Waals surface area (Å²) in [4.78, 5) is 13.1. The summed E-state index contributed by atoms with van der Waals surface area (Å²) in [7, 11) is 1.29. The number of nitrogens with two attached hydrogens (primary N) is 1. The molecule has 0 aliphatic heterocycles. The Balaban J connectivity index is 3.25. The predicted octanol–water partition coefficient (Wildman–Crippen LogP) is 2.61. The van der Waals surface area contributed by atoms with E-state index in [1.165, 1.54) is 7.11 Å². The maximum atomic E-state index is 14.4. The van der Waals surface area contributed by atoms with E-state index in [1.807, 2.05) is 13.8 Å². The van der Waals surface area contributed by atoms with Crippen LogP contribution in [0.5, 0.6) is 0 Å². The average Bonchev–Trinajstić information content (AvgIpc) is 2.38. The number of carbonyl (C=O) groups is 1. The van der Waals surface area contributed by atoms with Crippen molar-refractivity contribution in [2.75, 3.05) is 18.6 Å². The number of benzene rings is 1. The molecule has 0 bridgehead atoms. The maximum absolute atomic E-state index is 14.4. The molecule has 1 aromatic rings. The maximum Gasteiger partial charge on any atom is 0.325 e. The van der Waals surface area contributed by atoms with Crippen molar-refractivity contribution in [3.8, 4) is 0 Å². The average molecular weight is 363 g/mol. The van der Waals surface area contributed by atoms with Crippen LogP contribution in [0.2, 0.25) is 0 Å². The smallest absolute Gasteiger partial charge is 0.325 e. The molecule has 110 valence electrons. The number of hydrogen-bond donors (Lipinski definition) is 1. The number of thiocarbonyl (C=S) groups is 1. The van der Waals surface area contributed by atoms with Gasteiger partial charge in [-0.1, -0.05) is 12.2 Å². The van der Waals surface area contributed by atoms with Crippen molar-refractivity contribution in [2.24, 2.45) is 5.73 Å². The number of hydrogen-bond acceptors (Lipinski definition) is 4. The summed E-state index contributed by atoms with van der Waals surface area (Å²) in [5.74, 6) is -0.944. The van der Waals surface area contributed by atoms with Gasteiger partial charge < -0.3 is 15.4 Å². The van der Waals surface area contributed by atoms with Gasteiger partial charge in [0.05, 0.1) is 17.3 Å². The molecular weight excluding hydrogens is 347 g/mol. The third-order valence-corrected chi connectivity index (χ3v) is 3.78. The van der Waals surface area contributed by atoms with Crippen molar-refractivity contribution in [3.63, 3.8) is 0 Å². The van der Waals surface area contributed by atoms with E-state index in [-0.39, 0.29) is 27.7 Å². The van der Waals surface area contributed by atoms with E-state index in [1.54, 1.807) is 17.0 Å². The highest BCUT2D eigenvalue weighted by atomic mass is 79.9. The van der Waals surface area contributed by atoms with Crippen LogP contribution in [0.3, 0.4) is 0 Å². The zero-order chi connectivity index (χ0) is 15.4. The Bertz CT molecular complexity index is 537. The summed E-state index contributed by atoms with van der Waals surface area (Å²) >= 11 is 8.00. The number of anilines is 1. The van der Waals surface area contributed by atoms with Gasteiger partial charge in [-0.2, -0.15) is 0 Å². The Morgan fingerprint density at radius 2 is 2.15 bits per heavy atom. The lowest BCUT2D eigenvalue weighted by Gasteiger charge is -2.28. The second-order valence-electron chi connectivity index (χ2n) is 4.42. The van der Waals surface area contributed by atoms with Crippen LogP contribution in [0.1, 0.15) is 19.4 Å². The van der Waals surface area contributed by atoms with Gasteiger partial charge in [-0.25, -0.2) is 4.39 Å². The minimum Gasteiger partial charge on any atom is -0.468 e. The Morgan fingerprint density at radius 1 is 1.55 bits per heavy atom. The van der Waals surface area contributed by atoms with E-state index >= 15 is 0 Å². The van der Waals surface area contributed by atoms with Gasteiger partial charge in [0.15, 0.2) is 5.82 Å². The first-order valence-corrected chi connectivity index (χ1v) is 7.11. The molecule has 0 amide bonds. The topological polar surface area (TPSA) is 55.6 Å². The second kappa shape index (κ2) is 6.99. The van der Waals surface area contributed by atoms with E-state index < -0.39 is 11.8 Å². The molecule has 7 heteroatoms. The third-order valence-electron chi connectivity index (χ3n) is 2.79. The van der Waals surface area contributed by atoms with Crippen LogP contribution in [0.15, 0.2) is 16.6 Å². The molecule has 0 radical (unpaired) electrons. The Hall–Kier alpha value is -1.21.